The van der Waals surface area contributed by atoms with Gasteiger partial charge in [0, 0.05) is 0 Å². The van der Waals surface area contributed by atoms with Crippen molar-refractivity contribution in [3.05, 3.63) is 12.2 Å². The molecular formula is C10H15ClO. The Labute approximate surface area is 79.8 Å². The average molecular weight is 187 g/mol. The van der Waals surface area contributed by atoms with Gasteiger partial charge >= 0.3 is 0 Å². The maximum absolute atomic E-state index is 5.34. The van der Waals surface area contributed by atoms with Crippen molar-refractivity contribution in [3.8, 4) is 11.8 Å². The number of unbranched alkanes of at least 4 members (excludes halogenated alkanes) is 1. The highest BCUT2D eigenvalue weighted by molar-refractivity contribution is 6.19. The molecular weight excluding hydrogens is 172 g/mol. The molecule has 0 aromatic carbocycles. The third-order valence-corrected chi connectivity index (χ3v) is 1.34. The summed E-state index contributed by atoms with van der Waals surface area (Å²) in [7, 11) is 0. The third-order valence-electron chi connectivity index (χ3n) is 1.20. The van der Waals surface area contributed by atoms with Crippen molar-refractivity contribution >= 4 is 11.6 Å². The highest BCUT2D eigenvalue weighted by atomic mass is 35.5. The Kier molecular flexibility index (Phi) is 10.2. The van der Waals surface area contributed by atoms with Gasteiger partial charge in [0.05, 0.1) is 12.5 Å². The molecule has 1 nitrogen and oxygen atoms in total. The van der Waals surface area contributed by atoms with Gasteiger partial charge in [0.25, 0.3) is 0 Å². The van der Waals surface area contributed by atoms with Crippen LogP contribution in [-0.4, -0.2) is 19.1 Å². The largest absolute Gasteiger partial charge is 0.365 e. The summed E-state index contributed by atoms with van der Waals surface area (Å²) in [6, 6.07) is 0. The Morgan fingerprint density at radius 2 is 2.17 bits per heavy atom. The second kappa shape index (κ2) is 10.6. The fourth-order valence-electron chi connectivity index (χ4n) is 0.629. The summed E-state index contributed by atoms with van der Waals surface area (Å²) in [6.45, 7) is 3.28. The van der Waals surface area contributed by atoms with Crippen LogP contribution in [0.1, 0.15) is 19.8 Å². The second-order valence-corrected chi connectivity index (χ2v) is 2.53. The molecule has 0 N–H and O–H groups in total. The fourth-order valence-corrected chi connectivity index (χ4v) is 0.723. The predicted molar refractivity (Wildman–Crippen MR) is 53.4 cm³/mol. The van der Waals surface area contributed by atoms with Crippen LogP contribution in [0.15, 0.2) is 12.2 Å². The maximum atomic E-state index is 5.34. The monoisotopic (exact) mass is 186 g/mol. The van der Waals surface area contributed by atoms with Crippen molar-refractivity contribution in [2.45, 2.75) is 19.8 Å². The van der Waals surface area contributed by atoms with Crippen LogP contribution < -0.4 is 0 Å². The molecule has 2 heteroatoms. The molecule has 0 bridgehead atoms. The number of rotatable bonds is 5. The third kappa shape index (κ3) is 9.55. The summed E-state index contributed by atoms with van der Waals surface area (Å²) in [5.41, 5.74) is 0. The topological polar surface area (TPSA) is 9.23 Å². The number of alkyl halides is 1. The first kappa shape index (κ1) is 11.6. The van der Waals surface area contributed by atoms with E-state index in [0.29, 0.717) is 19.1 Å². The van der Waals surface area contributed by atoms with E-state index in [4.69, 9.17) is 16.3 Å². The van der Waals surface area contributed by atoms with Gasteiger partial charge in [-0.2, -0.15) is 0 Å². The Morgan fingerprint density at radius 1 is 1.33 bits per heavy atom. The summed E-state index contributed by atoms with van der Waals surface area (Å²) in [4.78, 5) is 0. The van der Waals surface area contributed by atoms with Crippen LogP contribution in [0.3, 0.4) is 0 Å². The van der Waals surface area contributed by atoms with Crippen molar-refractivity contribution in [2.75, 3.05) is 19.1 Å². The molecule has 0 amide bonds. The first-order valence-corrected chi connectivity index (χ1v) is 4.69. The molecule has 0 rings (SSSR count). The van der Waals surface area contributed by atoms with E-state index in [2.05, 4.69) is 24.8 Å². The van der Waals surface area contributed by atoms with E-state index in [0.717, 1.165) is 6.42 Å². The van der Waals surface area contributed by atoms with E-state index in [1.807, 2.05) is 6.08 Å². The zero-order valence-corrected chi connectivity index (χ0v) is 8.23. The Bertz CT molecular complexity index is 164. The van der Waals surface area contributed by atoms with Gasteiger partial charge in [-0.15, -0.1) is 11.6 Å². The zero-order chi connectivity index (χ0) is 9.07. The van der Waals surface area contributed by atoms with E-state index in [-0.39, 0.29) is 0 Å². The maximum Gasteiger partial charge on any atom is 0.108 e. The van der Waals surface area contributed by atoms with E-state index >= 15 is 0 Å². The zero-order valence-electron chi connectivity index (χ0n) is 7.48. The Hall–Kier alpha value is -0.450. The van der Waals surface area contributed by atoms with Gasteiger partial charge in [-0.05, 0) is 6.42 Å². The van der Waals surface area contributed by atoms with Crippen LogP contribution in [0.25, 0.3) is 0 Å². The minimum Gasteiger partial charge on any atom is -0.365 e. The van der Waals surface area contributed by atoms with Gasteiger partial charge in [-0.25, -0.2) is 0 Å². The normalized spacial score (nSPS) is 9.83. The molecule has 0 unspecified atom stereocenters. The molecule has 0 saturated heterocycles. The van der Waals surface area contributed by atoms with Crippen LogP contribution in [0, 0.1) is 11.8 Å². The summed E-state index contributed by atoms with van der Waals surface area (Å²) in [6.07, 6.45) is 6.44. The molecule has 0 spiro atoms. The van der Waals surface area contributed by atoms with Gasteiger partial charge in [-0.3, -0.25) is 0 Å². The van der Waals surface area contributed by atoms with Crippen LogP contribution in [0.5, 0.6) is 0 Å². The van der Waals surface area contributed by atoms with E-state index in [1.54, 1.807) is 0 Å². The Morgan fingerprint density at radius 3 is 2.83 bits per heavy atom. The SMILES string of the molecule is CCC/C=C\COCC#CCCl. The lowest BCUT2D eigenvalue weighted by Crippen LogP contribution is -1.90. The molecule has 0 aromatic heterocycles. The van der Waals surface area contributed by atoms with E-state index in [1.165, 1.54) is 6.42 Å². The quantitative estimate of drug-likeness (QED) is 0.278. The summed E-state index contributed by atoms with van der Waals surface area (Å²) in [5, 5.41) is 0. The molecule has 0 fully saturated rings. The van der Waals surface area contributed by atoms with Crippen molar-refractivity contribution in [2.24, 2.45) is 0 Å². The number of hydrogen-bond donors (Lipinski definition) is 0. The highest BCUT2D eigenvalue weighted by Crippen LogP contribution is 1.87. The lowest BCUT2D eigenvalue weighted by molar-refractivity contribution is 0.199. The first-order chi connectivity index (χ1) is 5.91. The van der Waals surface area contributed by atoms with Crippen LogP contribution >= 0.6 is 11.6 Å². The molecule has 0 aromatic rings. The molecule has 12 heavy (non-hydrogen) atoms. The Balaban J connectivity index is 3.10. The summed E-state index contributed by atoms with van der Waals surface area (Å²) in [5.74, 6) is 5.89. The number of ether oxygens (including phenoxy) is 1. The number of allylic oxidation sites excluding steroid dienone is 1. The number of halogens is 1. The first-order valence-electron chi connectivity index (χ1n) is 4.16. The highest BCUT2D eigenvalue weighted by Gasteiger charge is 1.77. The van der Waals surface area contributed by atoms with Gasteiger partial charge in [0.15, 0.2) is 0 Å². The van der Waals surface area contributed by atoms with Crippen LogP contribution in [0.4, 0.5) is 0 Å². The lowest BCUT2D eigenvalue weighted by atomic mass is 10.3. The molecule has 0 saturated carbocycles. The standard InChI is InChI=1S/C10H15ClO/c1-2-3-4-6-9-12-10-7-5-8-11/h4,6H,2-3,8-10H2,1H3/b6-4-. The average Bonchev–Trinajstić information content (AvgIpc) is 2.10. The fraction of sp³-hybridized carbons (Fsp3) is 0.600. The van der Waals surface area contributed by atoms with Crippen molar-refractivity contribution in [1.29, 1.82) is 0 Å². The van der Waals surface area contributed by atoms with Gasteiger partial charge in [0.1, 0.15) is 6.61 Å². The van der Waals surface area contributed by atoms with Crippen molar-refractivity contribution < 1.29 is 4.74 Å². The van der Waals surface area contributed by atoms with E-state index < -0.39 is 0 Å². The number of hydrogen-bond acceptors (Lipinski definition) is 1. The van der Waals surface area contributed by atoms with Crippen LogP contribution in [-0.2, 0) is 4.74 Å². The second-order valence-electron chi connectivity index (χ2n) is 2.26. The van der Waals surface area contributed by atoms with Gasteiger partial charge in [0.2, 0.25) is 0 Å². The van der Waals surface area contributed by atoms with Gasteiger partial charge < -0.3 is 4.74 Å². The molecule has 0 aliphatic heterocycles. The molecule has 0 aliphatic rings. The van der Waals surface area contributed by atoms with Gasteiger partial charge in [-0.1, -0.05) is 37.3 Å². The summed E-state index contributed by atoms with van der Waals surface area (Å²) < 4.78 is 5.16. The molecule has 0 atom stereocenters. The van der Waals surface area contributed by atoms with Crippen molar-refractivity contribution in [3.63, 3.8) is 0 Å². The lowest BCUT2D eigenvalue weighted by Gasteiger charge is -1.91. The molecule has 68 valence electrons. The smallest absolute Gasteiger partial charge is 0.108 e. The minimum atomic E-state index is 0.384. The summed E-state index contributed by atoms with van der Waals surface area (Å²) >= 11 is 5.34. The molecule has 0 heterocycles. The minimum absolute atomic E-state index is 0.384. The van der Waals surface area contributed by atoms with Crippen LogP contribution in [0.2, 0.25) is 0 Å². The molecule has 0 aliphatic carbocycles. The van der Waals surface area contributed by atoms with Crippen molar-refractivity contribution in [1.82, 2.24) is 0 Å². The van der Waals surface area contributed by atoms with E-state index in [9.17, 15) is 0 Å². The predicted octanol–water partition coefficient (Wildman–Crippen LogP) is 2.60. The molecule has 0 radical (unpaired) electrons.